The van der Waals surface area contributed by atoms with E-state index in [9.17, 15) is 9.90 Å². The Balaban J connectivity index is 2.13. The van der Waals surface area contributed by atoms with Crippen molar-refractivity contribution in [2.24, 2.45) is 11.8 Å². The number of carbonyl (C=O) groups is 1. The van der Waals surface area contributed by atoms with Crippen LogP contribution < -0.4 is 5.32 Å². The molecule has 4 heteroatoms. The molecule has 0 aliphatic carbocycles. The van der Waals surface area contributed by atoms with Crippen LogP contribution in [0.1, 0.15) is 40.0 Å². The number of aliphatic hydroxyl groups excluding tert-OH is 1. The second kappa shape index (κ2) is 7.74. The van der Waals surface area contributed by atoms with Crippen molar-refractivity contribution in [2.75, 3.05) is 26.2 Å². The fraction of sp³-hybridized carbons (Fsp3) is 0.929. The van der Waals surface area contributed by atoms with Crippen molar-refractivity contribution in [3.63, 3.8) is 0 Å². The molecule has 1 amide bonds. The number of hydrogen-bond donors (Lipinski definition) is 2. The van der Waals surface area contributed by atoms with E-state index in [4.69, 9.17) is 0 Å². The summed E-state index contributed by atoms with van der Waals surface area (Å²) in [5.41, 5.74) is 0. The molecule has 1 aliphatic heterocycles. The minimum absolute atomic E-state index is 0.0383. The molecule has 0 aromatic rings. The van der Waals surface area contributed by atoms with Gasteiger partial charge in [0.25, 0.3) is 0 Å². The molecule has 0 saturated carbocycles. The molecule has 1 atom stereocenters. The maximum Gasteiger partial charge on any atom is 0.220 e. The van der Waals surface area contributed by atoms with Crippen molar-refractivity contribution in [1.82, 2.24) is 10.2 Å². The summed E-state index contributed by atoms with van der Waals surface area (Å²) in [6.07, 6.45) is 2.52. The van der Waals surface area contributed by atoms with Gasteiger partial charge in [-0.15, -0.1) is 0 Å². The molecular formula is C14H28N2O2. The predicted octanol–water partition coefficient (Wildman–Crippen LogP) is 1.24. The van der Waals surface area contributed by atoms with Gasteiger partial charge in [-0.25, -0.2) is 0 Å². The Labute approximate surface area is 111 Å². The Morgan fingerprint density at radius 1 is 1.39 bits per heavy atom. The monoisotopic (exact) mass is 256 g/mol. The van der Waals surface area contributed by atoms with Crippen LogP contribution >= 0.6 is 0 Å². The number of hydrogen-bond acceptors (Lipinski definition) is 3. The molecule has 106 valence electrons. The predicted molar refractivity (Wildman–Crippen MR) is 73.3 cm³/mol. The first-order valence-electron chi connectivity index (χ1n) is 7.14. The highest BCUT2D eigenvalue weighted by Crippen LogP contribution is 2.15. The summed E-state index contributed by atoms with van der Waals surface area (Å²) in [6, 6.07) is 0. The van der Waals surface area contributed by atoms with E-state index in [-0.39, 0.29) is 5.91 Å². The molecule has 0 aromatic carbocycles. The molecule has 1 saturated heterocycles. The minimum Gasteiger partial charge on any atom is -0.390 e. The molecule has 4 nitrogen and oxygen atoms in total. The third kappa shape index (κ3) is 6.36. The van der Waals surface area contributed by atoms with Gasteiger partial charge >= 0.3 is 0 Å². The van der Waals surface area contributed by atoms with Crippen molar-refractivity contribution in [3.8, 4) is 0 Å². The van der Waals surface area contributed by atoms with Gasteiger partial charge in [0, 0.05) is 19.5 Å². The van der Waals surface area contributed by atoms with E-state index in [0.717, 1.165) is 19.0 Å². The molecule has 2 N–H and O–H groups in total. The van der Waals surface area contributed by atoms with E-state index in [0.29, 0.717) is 25.4 Å². The number of nitrogens with one attached hydrogen (secondary N) is 1. The van der Waals surface area contributed by atoms with Gasteiger partial charge in [0.2, 0.25) is 5.91 Å². The Morgan fingerprint density at radius 2 is 2.00 bits per heavy atom. The Morgan fingerprint density at radius 3 is 2.56 bits per heavy atom. The zero-order valence-corrected chi connectivity index (χ0v) is 12.0. The first-order chi connectivity index (χ1) is 8.47. The van der Waals surface area contributed by atoms with E-state index in [1.54, 1.807) is 0 Å². The summed E-state index contributed by atoms with van der Waals surface area (Å²) in [5, 5.41) is 12.7. The lowest BCUT2D eigenvalue weighted by Crippen LogP contribution is -2.43. The molecular weight excluding hydrogens is 228 g/mol. The molecule has 18 heavy (non-hydrogen) atoms. The molecule has 0 spiro atoms. The standard InChI is InChI=1S/C14H28N2O2/c1-11(2)8-14(18)15-9-13(17)10-16-6-4-12(3)5-7-16/h11-13,17H,4-10H2,1-3H3,(H,15,18). The van der Waals surface area contributed by atoms with Gasteiger partial charge in [-0.2, -0.15) is 0 Å². The second-order valence-electron chi connectivity index (χ2n) is 6.04. The highest BCUT2D eigenvalue weighted by molar-refractivity contribution is 5.76. The van der Waals surface area contributed by atoms with Crippen molar-refractivity contribution in [2.45, 2.75) is 46.1 Å². The molecule has 1 unspecified atom stereocenters. The average Bonchev–Trinajstić information content (AvgIpc) is 2.29. The van der Waals surface area contributed by atoms with Gasteiger partial charge < -0.3 is 15.3 Å². The van der Waals surface area contributed by atoms with Gasteiger partial charge in [-0.3, -0.25) is 4.79 Å². The van der Waals surface area contributed by atoms with Crippen molar-refractivity contribution in [3.05, 3.63) is 0 Å². The van der Waals surface area contributed by atoms with Crippen molar-refractivity contribution < 1.29 is 9.90 Å². The molecule has 0 aromatic heterocycles. The smallest absolute Gasteiger partial charge is 0.220 e. The maximum atomic E-state index is 11.5. The second-order valence-corrected chi connectivity index (χ2v) is 6.04. The molecule has 0 bridgehead atoms. The average molecular weight is 256 g/mol. The van der Waals surface area contributed by atoms with Crippen molar-refractivity contribution >= 4 is 5.91 Å². The van der Waals surface area contributed by atoms with Crippen LogP contribution in [0.5, 0.6) is 0 Å². The maximum absolute atomic E-state index is 11.5. The highest BCUT2D eigenvalue weighted by atomic mass is 16.3. The zero-order chi connectivity index (χ0) is 13.5. The summed E-state index contributed by atoms with van der Waals surface area (Å²) < 4.78 is 0. The van der Waals surface area contributed by atoms with E-state index < -0.39 is 6.10 Å². The summed E-state index contributed by atoms with van der Waals surface area (Å²) >= 11 is 0. The van der Waals surface area contributed by atoms with Crippen LogP contribution in [0.15, 0.2) is 0 Å². The summed E-state index contributed by atoms with van der Waals surface area (Å²) in [4.78, 5) is 13.7. The van der Waals surface area contributed by atoms with Crippen LogP contribution in [0, 0.1) is 11.8 Å². The Kier molecular flexibility index (Phi) is 6.65. The SMILES string of the molecule is CC(C)CC(=O)NCC(O)CN1CCC(C)CC1. The van der Waals surface area contributed by atoms with Crippen LogP contribution in [0.2, 0.25) is 0 Å². The molecule has 1 aliphatic rings. The first kappa shape index (κ1) is 15.4. The molecule has 1 heterocycles. The third-order valence-corrected chi connectivity index (χ3v) is 3.47. The summed E-state index contributed by atoms with van der Waals surface area (Å²) in [6.45, 7) is 9.50. The fourth-order valence-corrected chi connectivity index (χ4v) is 2.28. The van der Waals surface area contributed by atoms with E-state index >= 15 is 0 Å². The number of aliphatic hydroxyl groups is 1. The van der Waals surface area contributed by atoms with Crippen LogP contribution in [0.4, 0.5) is 0 Å². The zero-order valence-electron chi connectivity index (χ0n) is 12.0. The number of piperidine rings is 1. The number of carbonyl (C=O) groups excluding carboxylic acids is 1. The van der Waals surface area contributed by atoms with Crippen LogP contribution in [-0.2, 0) is 4.79 Å². The normalized spacial score (nSPS) is 20.1. The molecule has 1 rings (SSSR count). The van der Waals surface area contributed by atoms with Gasteiger partial charge in [0.1, 0.15) is 0 Å². The highest BCUT2D eigenvalue weighted by Gasteiger charge is 2.18. The van der Waals surface area contributed by atoms with Gasteiger partial charge in [-0.1, -0.05) is 20.8 Å². The largest absolute Gasteiger partial charge is 0.390 e. The van der Waals surface area contributed by atoms with Crippen LogP contribution in [-0.4, -0.2) is 48.2 Å². The van der Waals surface area contributed by atoms with Gasteiger partial charge in [-0.05, 0) is 37.8 Å². The van der Waals surface area contributed by atoms with E-state index in [1.807, 2.05) is 13.8 Å². The van der Waals surface area contributed by atoms with Crippen LogP contribution in [0.3, 0.4) is 0 Å². The van der Waals surface area contributed by atoms with Gasteiger partial charge in [0.05, 0.1) is 6.10 Å². The number of likely N-dealkylation sites (tertiary alicyclic amines) is 1. The van der Waals surface area contributed by atoms with E-state index in [2.05, 4.69) is 17.1 Å². The lowest BCUT2D eigenvalue weighted by atomic mass is 9.99. The number of amides is 1. The lowest BCUT2D eigenvalue weighted by Gasteiger charge is -2.31. The minimum atomic E-state index is -0.450. The first-order valence-corrected chi connectivity index (χ1v) is 7.14. The lowest BCUT2D eigenvalue weighted by molar-refractivity contribution is -0.122. The fourth-order valence-electron chi connectivity index (χ4n) is 2.28. The van der Waals surface area contributed by atoms with Gasteiger partial charge in [0.15, 0.2) is 0 Å². The number of β-amino-alcohol motifs (C(OH)–C–C–N with tert-alkyl or cyclic N) is 1. The van der Waals surface area contributed by atoms with E-state index in [1.165, 1.54) is 12.8 Å². The molecule has 0 radical (unpaired) electrons. The number of nitrogens with zero attached hydrogens (tertiary/aromatic N) is 1. The number of rotatable bonds is 6. The summed E-state index contributed by atoms with van der Waals surface area (Å²) in [5.74, 6) is 1.21. The van der Waals surface area contributed by atoms with Crippen molar-refractivity contribution in [1.29, 1.82) is 0 Å². The van der Waals surface area contributed by atoms with Crippen LogP contribution in [0.25, 0.3) is 0 Å². The Hall–Kier alpha value is -0.610. The Bertz CT molecular complexity index is 248. The topological polar surface area (TPSA) is 52.6 Å². The molecule has 1 fully saturated rings. The quantitative estimate of drug-likeness (QED) is 0.752. The third-order valence-electron chi connectivity index (χ3n) is 3.47. The summed E-state index contributed by atoms with van der Waals surface area (Å²) in [7, 11) is 0.